The zero-order chi connectivity index (χ0) is 41.4. The van der Waals surface area contributed by atoms with Gasteiger partial charge in [0.25, 0.3) is 0 Å². The predicted molar refractivity (Wildman–Crippen MR) is 257 cm³/mol. The van der Waals surface area contributed by atoms with Gasteiger partial charge in [-0.15, -0.1) is 11.3 Å². The van der Waals surface area contributed by atoms with Gasteiger partial charge in [0, 0.05) is 58.6 Å². The van der Waals surface area contributed by atoms with Gasteiger partial charge in [0.1, 0.15) is 16.8 Å². The van der Waals surface area contributed by atoms with Crippen LogP contribution in [0.4, 0.5) is 0 Å². The molecule has 0 fully saturated rings. The fourth-order valence-corrected chi connectivity index (χ4v) is 10.2. The summed E-state index contributed by atoms with van der Waals surface area (Å²) in [6.45, 7) is 0. The van der Waals surface area contributed by atoms with Gasteiger partial charge in [0.2, 0.25) is 5.95 Å². The van der Waals surface area contributed by atoms with E-state index in [1.165, 1.54) is 5.56 Å². The Labute approximate surface area is 364 Å². The molecule has 13 aromatic rings. The molecule has 0 spiro atoms. The molecule has 0 unspecified atom stereocenters. The van der Waals surface area contributed by atoms with E-state index in [0.29, 0.717) is 29.0 Å². The third-order valence-corrected chi connectivity index (χ3v) is 13.1. The van der Waals surface area contributed by atoms with Crippen molar-refractivity contribution in [3.8, 4) is 62.5 Å². The molecular weight excluding hydrogens is 793 g/mol. The molecule has 5 aromatic heterocycles. The molecule has 0 aliphatic carbocycles. The first-order valence-electron chi connectivity index (χ1n) is 20.8. The molecule has 8 aromatic carbocycles. The molecule has 0 radical (unpaired) electrons. The van der Waals surface area contributed by atoms with Crippen LogP contribution >= 0.6 is 11.3 Å². The minimum absolute atomic E-state index is 0.562. The topological polar surface area (TPSA) is 82.5 Å². The lowest BCUT2D eigenvalue weighted by molar-refractivity contribution is 0.667. The molecule has 0 saturated heterocycles. The van der Waals surface area contributed by atoms with Crippen LogP contribution in [-0.2, 0) is 0 Å². The molecule has 63 heavy (non-hydrogen) atoms. The summed E-state index contributed by atoms with van der Waals surface area (Å²) < 4.78 is 10.8. The lowest BCUT2D eigenvalue weighted by Gasteiger charge is -2.11. The van der Waals surface area contributed by atoms with Crippen LogP contribution in [0.1, 0.15) is 0 Å². The molecule has 0 atom stereocenters. The molecule has 0 aliphatic rings. The normalized spacial score (nSPS) is 11.8. The highest BCUT2D eigenvalue weighted by atomic mass is 32.1. The third kappa shape index (κ3) is 5.76. The average molecular weight is 825 g/mol. The first kappa shape index (κ1) is 35.4. The maximum Gasteiger partial charge on any atom is 0.238 e. The number of benzene rings is 8. The fraction of sp³-hybridized carbons (Fsp3) is 0. The van der Waals surface area contributed by atoms with Crippen molar-refractivity contribution in [3.05, 3.63) is 194 Å². The van der Waals surface area contributed by atoms with Crippen molar-refractivity contribution in [1.82, 2.24) is 29.5 Å². The van der Waals surface area contributed by atoms with E-state index < -0.39 is 0 Å². The average Bonchev–Trinajstić information content (AvgIpc) is 4.03. The first-order chi connectivity index (χ1) is 31.2. The largest absolute Gasteiger partial charge is 0.452 e. The summed E-state index contributed by atoms with van der Waals surface area (Å²) in [7, 11) is 0. The van der Waals surface area contributed by atoms with Crippen molar-refractivity contribution < 1.29 is 4.42 Å². The maximum absolute atomic E-state index is 6.39. The fourth-order valence-electron chi connectivity index (χ4n) is 8.93. The van der Waals surface area contributed by atoms with Gasteiger partial charge < -0.3 is 4.42 Å². The van der Waals surface area contributed by atoms with Gasteiger partial charge in [-0.1, -0.05) is 152 Å². The number of rotatable bonds is 6. The van der Waals surface area contributed by atoms with Crippen molar-refractivity contribution in [2.75, 3.05) is 0 Å². The minimum Gasteiger partial charge on any atom is -0.452 e. The van der Waals surface area contributed by atoms with E-state index >= 15 is 0 Å². The lowest BCUT2D eigenvalue weighted by Crippen LogP contribution is -2.06. The quantitative estimate of drug-likeness (QED) is 0.166. The number of nitrogens with zero attached hydrogens (tertiary/aromatic N) is 6. The number of fused-ring (bicyclic) bond motifs is 9. The maximum atomic E-state index is 6.39. The van der Waals surface area contributed by atoms with Crippen molar-refractivity contribution in [3.63, 3.8) is 0 Å². The summed E-state index contributed by atoms with van der Waals surface area (Å²) in [6, 6.07) is 67.0. The highest BCUT2D eigenvalue weighted by Gasteiger charge is 2.22. The van der Waals surface area contributed by atoms with Crippen LogP contribution in [-0.4, -0.2) is 29.5 Å². The van der Waals surface area contributed by atoms with Crippen LogP contribution in [0.3, 0.4) is 0 Å². The van der Waals surface area contributed by atoms with Crippen molar-refractivity contribution >= 4 is 75.4 Å². The summed E-state index contributed by atoms with van der Waals surface area (Å²) in [5.41, 5.74) is 11.2. The Bertz CT molecular complexity index is 3910. The second kappa shape index (κ2) is 14.1. The standard InChI is InChI=1S/C55H32N6OS/c1-4-15-33(16-5-1)36-28-30-45-43(31-36)38-21-10-12-25-44(38)61(45)55-59-52(35-19-8-3-9-20-35)58-54(60-55)42-24-14-23-40-39-29-27-37(32-47(39)63-51(40)42)53-56-48(34-17-6-2-7-18-34)50-49(57-53)41-22-11-13-26-46(41)62-50/h1-32H. The molecule has 0 N–H and O–H groups in total. The van der Waals surface area contributed by atoms with E-state index in [0.717, 1.165) is 92.0 Å². The summed E-state index contributed by atoms with van der Waals surface area (Å²) in [6.07, 6.45) is 0. The summed E-state index contributed by atoms with van der Waals surface area (Å²) >= 11 is 1.73. The highest BCUT2D eigenvalue weighted by molar-refractivity contribution is 7.26. The SMILES string of the molecule is c1ccc(-c2ccc3c(c2)c2ccccc2n3-c2nc(-c3ccccc3)nc(-c3cccc4c3sc3cc(-c5nc(-c6ccccc6)c6oc7ccccc7c6n5)ccc34)n2)cc1. The van der Waals surface area contributed by atoms with Crippen molar-refractivity contribution in [2.45, 2.75) is 0 Å². The molecule has 0 saturated carbocycles. The molecule has 0 amide bonds. The summed E-state index contributed by atoms with van der Waals surface area (Å²) in [5.74, 6) is 2.42. The molecule has 294 valence electrons. The Kier molecular flexibility index (Phi) is 7.94. The van der Waals surface area contributed by atoms with E-state index in [-0.39, 0.29) is 0 Å². The van der Waals surface area contributed by atoms with Crippen molar-refractivity contribution in [2.24, 2.45) is 0 Å². The Morgan fingerprint density at radius 3 is 1.87 bits per heavy atom. The molecule has 13 rings (SSSR count). The number of aromatic nitrogens is 6. The molecule has 0 bridgehead atoms. The van der Waals surface area contributed by atoms with Crippen LogP contribution in [0, 0.1) is 0 Å². The molecule has 5 heterocycles. The molecule has 0 aliphatic heterocycles. The molecule has 8 heteroatoms. The predicted octanol–water partition coefficient (Wildman–Crippen LogP) is 14.4. The van der Waals surface area contributed by atoms with E-state index in [1.54, 1.807) is 11.3 Å². The monoisotopic (exact) mass is 824 g/mol. The third-order valence-electron chi connectivity index (χ3n) is 11.9. The second-order valence-electron chi connectivity index (χ2n) is 15.6. The first-order valence-corrected chi connectivity index (χ1v) is 21.6. The van der Waals surface area contributed by atoms with E-state index in [4.69, 9.17) is 29.3 Å². The Morgan fingerprint density at radius 2 is 1.05 bits per heavy atom. The zero-order valence-corrected chi connectivity index (χ0v) is 34.3. The number of thiophene rings is 1. The minimum atomic E-state index is 0.562. The Morgan fingerprint density at radius 1 is 0.397 bits per heavy atom. The Balaban J connectivity index is 0.995. The van der Waals surface area contributed by atoms with Crippen LogP contribution < -0.4 is 0 Å². The highest BCUT2D eigenvalue weighted by Crippen LogP contribution is 2.42. The van der Waals surface area contributed by atoms with E-state index in [2.05, 4.69) is 138 Å². The van der Waals surface area contributed by atoms with Crippen LogP contribution in [0.2, 0.25) is 0 Å². The van der Waals surface area contributed by atoms with Gasteiger partial charge in [-0.3, -0.25) is 4.57 Å². The number of para-hydroxylation sites is 2. The number of furan rings is 1. The van der Waals surface area contributed by atoms with Crippen LogP contribution in [0.15, 0.2) is 199 Å². The molecular formula is C55H32N6OS. The lowest BCUT2D eigenvalue weighted by atomic mass is 10.0. The van der Waals surface area contributed by atoms with Gasteiger partial charge in [0.05, 0.1) is 11.0 Å². The van der Waals surface area contributed by atoms with Crippen LogP contribution in [0.25, 0.3) is 127 Å². The summed E-state index contributed by atoms with van der Waals surface area (Å²) in [4.78, 5) is 26.1. The second-order valence-corrected chi connectivity index (χ2v) is 16.7. The number of hydrogen-bond donors (Lipinski definition) is 0. The van der Waals surface area contributed by atoms with Gasteiger partial charge in [-0.2, -0.15) is 9.97 Å². The smallest absolute Gasteiger partial charge is 0.238 e. The summed E-state index contributed by atoms with van der Waals surface area (Å²) in [5, 5.41) is 5.52. The van der Waals surface area contributed by atoms with E-state index in [1.807, 2.05) is 60.7 Å². The van der Waals surface area contributed by atoms with Gasteiger partial charge >= 0.3 is 0 Å². The molecule has 7 nitrogen and oxygen atoms in total. The van der Waals surface area contributed by atoms with E-state index in [9.17, 15) is 0 Å². The zero-order valence-electron chi connectivity index (χ0n) is 33.5. The van der Waals surface area contributed by atoms with Gasteiger partial charge in [-0.05, 0) is 53.6 Å². The van der Waals surface area contributed by atoms with Gasteiger partial charge in [-0.25, -0.2) is 15.0 Å². The Hall–Kier alpha value is -8.33. The van der Waals surface area contributed by atoms with Crippen LogP contribution in [0.5, 0.6) is 0 Å². The number of hydrogen-bond acceptors (Lipinski definition) is 7. The van der Waals surface area contributed by atoms with Gasteiger partial charge in [0.15, 0.2) is 23.1 Å². The van der Waals surface area contributed by atoms with Crippen molar-refractivity contribution in [1.29, 1.82) is 0 Å².